The molecule has 5 heterocycles. The summed E-state index contributed by atoms with van der Waals surface area (Å²) >= 11 is 0. The number of imidazole rings is 1. The van der Waals surface area contributed by atoms with Crippen LogP contribution in [0.2, 0.25) is 0 Å². The zero-order valence-electron chi connectivity index (χ0n) is 24.1. The number of fused-ring (bicyclic) bond motifs is 2. The standard InChI is InChI=1S/C28H28FN9O4S2/c1-16-32-15-25(37(16)2)18-11-23-26(35-36-28(23)33-14-18)24-13-22-21(5-6-31-27(22)34-24)17-9-19(29)12-20(10-17)30-7-8-38(43(3,39)40)44(4,41)42/h5-6,9-15,30H,7-8H2,1-4H3,(H,31,34)(H,33,35,36). The second kappa shape index (κ2) is 10.8. The Labute approximate surface area is 252 Å². The Balaban J connectivity index is 1.34. The van der Waals surface area contributed by atoms with Gasteiger partial charge in [-0.3, -0.25) is 5.10 Å². The maximum absolute atomic E-state index is 14.8. The van der Waals surface area contributed by atoms with Gasteiger partial charge in [-0.05, 0) is 54.4 Å². The van der Waals surface area contributed by atoms with Crippen LogP contribution in [-0.2, 0) is 27.1 Å². The topological polar surface area (TPSA) is 172 Å². The summed E-state index contributed by atoms with van der Waals surface area (Å²) in [5.74, 6) is 0.347. The van der Waals surface area contributed by atoms with Gasteiger partial charge in [-0.2, -0.15) is 5.10 Å². The molecule has 0 atom stereocenters. The van der Waals surface area contributed by atoms with Crippen molar-refractivity contribution in [3.05, 3.63) is 66.6 Å². The Bertz CT molecular complexity index is 2240. The van der Waals surface area contributed by atoms with Crippen LogP contribution < -0.4 is 5.32 Å². The predicted octanol–water partition coefficient (Wildman–Crippen LogP) is 3.65. The fourth-order valence-electron chi connectivity index (χ4n) is 5.14. The van der Waals surface area contributed by atoms with Crippen LogP contribution in [-0.4, -0.2) is 80.8 Å². The number of aryl methyl sites for hydroxylation is 1. The van der Waals surface area contributed by atoms with Gasteiger partial charge in [0.15, 0.2) is 5.65 Å². The smallest absolute Gasteiger partial charge is 0.224 e. The molecule has 228 valence electrons. The normalized spacial score (nSPS) is 12.5. The number of anilines is 1. The molecule has 0 bridgehead atoms. The first kappa shape index (κ1) is 29.4. The highest BCUT2D eigenvalue weighted by Gasteiger charge is 2.26. The van der Waals surface area contributed by atoms with E-state index in [4.69, 9.17) is 0 Å². The van der Waals surface area contributed by atoms with Gasteiger partial charge in [-0.25, -0.2) is 36.2 Å². The molecular formula is C28H28FN9O4S2. The lowest BCUT2D eigenvalue weighted by atomic mass is 10.0. The minimum atomic E-state index is -4.00. The summed E-state index contributed by atoms with van der Waals surface area (Å²) in [6.45, 7) is 1.51. The highest BCUT2D eigenvalue weighted by Crippen LogP contribution is 2.35. The lowest BCUT2D eigenvalue weighted by Gasteiger charge is -2.18. The Morgan fingerprint density at radius 2 is 1.73 bits per heavy atom. The Morgan fingerprint density at radius 1 is 0.955 bits per heavy atom. The van der Waals surface area contributed by atoms with Gasteiger partial charge in [0, 0.05) is 54.6 Å². The zero-order valence-corrected chi connectivity index (χ0v) is 25.8. The van der Waals surface area contributed by atoms with Gasteiger partial charge in [-0.15, -0.1) is 0 Å². The fourth-order valence-corrected chi connectivity index (χ4v) is 7.96. The van der Waals surface area contributed by atoms with Gasteiger partial charge in [0.2, 0.25) is 20.0 Å². The number of nitrogens with zero attached hydrogens (tertiary/aromatic N) is 6. The van der Waals surface area contributed by atoms with E-state index in [0.29, 0.717) is 43.2 Å². The SMILES string of the molecule is Cc1ncc(-c2cnc3n[nH]c(-c4cc5c(-c6cc(F)cc(NCCN(S(C)(=O)=O)S(C)(=O)=O)c6)ccnc5[nH]4)c3c2)n1C. The summed E-state index contributed by atoms with van der Waals surface area (Å²) in [7, 11) is -6.06. The molecule has 6 aromatic rings. The molecule has 0 spiro atoms. The molecule has 0 aliphatic rings. The van der Waals surface area contributed by atoms with Crippen molar-refractivity contribution in [2.24, 2.45) is 7.05 Å². The summed E-state index contributed by atoms with van der Waals surface area (Å²) < 4.78 is 64.9. The molecule has 0 radical (unpaired) electrons. The first-order valence-corrected chi connectivity index (χ1v) is 17.0. The second-order valence-electron chi connectivity index (χ2n) is 10.4. The molecule has 0 aliphatic carbocycles. The number of halogens is 1. The molecule has 0 saturated carbocycles. The van der Waals surface area contributed by atoms with Crippen LogP contribution in [0.3, 0.4) is 0 Å². The van der Waals surface area contributed by atoms with Crippen LogP contribution in [0.5, 0.6) is 0 Å². The van der Waals surface area contributed by atoms with Crippen molar-refractivity contribution in [1.29, 1.82) is 0 Å². The molecule has 44 heavy (non-hydrogen) atoms. The van der Waals surface area contributed by atoms with E-state index in [1.54, 1.807) is 30.7 Å². The van der Waals surface area contributed by atoms with Crippen molar-refractivity contribution >= 4 is 47.8 Å². The fraction of sp³-hybridized carbons (Fsp3) is 0.214. The van der Waals surface area contributed by atoms with E-state index < -0.39 is 25.9 Å². The predicted molar refractivity (Wildman–Crippen MR) is 166 cm³/mol. The molecule has 6 rings (SSSR count). The van der Waals surface area contributed by atoms with E-state index in [1.165, 1.54) is 12.1 Å². The molecule has 13 nitrogen and oxygen atoms in total. The number of pyridine rings is 2. The Hall–Kier alpha value is -4.67. The molecule has 0 fully saturated rings. The molecule has 0 saturated heterocycles. The highest BCUT2D eigenvalue weighted by molar-refractivity contribution is 8.03. The van der Waals surface area contributed by atoms with Crippen LogP contribution >= 0.6 is 0 Å². The first-order chi connectivity index (χ1) is 20.8. The minimum absolute atomic E-state index is 0.0651. The summed E-state index contributed by atoms with van der Waals surface area (Å²) in [5, 5.41) is 11.9. The molecule has 0 unspecified atom stereocenters. The van der Waals surface area contributed by atoms with E-state index in [1.807, 2.05) is 30.7 Å². The maximum atomic E-state index is 14.8. The third-order valence-corrected chi connectivity index (χ3v) is 10.8. The molecule has 5 aromatic heterocycles. The van der Waals surface area contributed by atoms with Crippen molar-refractivity contribution in [1.82, 2.24) is 38.4 Å². The van der Waals surface area contributed by atoms with E-state index in [2.05, 4.69) is 35.5 Å². The van der Waals surface area contributed by atoms with Crippen LogP contribution in [0.25, 0.3) is 55.8 Å². The van der Waals surface area contributed by atoms with Crippen LogP contribution in [0.15, 0.2) is 55.0 Å². The van der Waals surface area contributed by atoms with Gasteiger partial charge in [0.1, 0.15) is 17.3 Å². The number of nitrogens with one attached hydrogen (secondary N) is 3. The number of aromatic amines is 2. The van der Waals surface area contributed by atoms with Crippen molar-refractivity contribution in [2.75, 3.05) is 30.9 Å². The molecule has 16 heteroatoms. The van der Waals surface area contributed by atoms with Gasteiger partial charge >= 0.3 is 0 Å². The maximum Gasteiger partial charge on any atom is 0.224 e. The number of hydrogen-bond acceptors (Lipinski definition) is 9. The van der Waals surface area contributed by atoms with E-state index in [9.17, 15) is 21.2 Å². The van der Waals surface area contributed by atoms with Gasteiger partial charge in [-0.1, -0.05) is 3.71 Å². The lowest BCUT2D eigenvalue weighted by Crippen LogP contribution is -2.38. The lowest BCUT2D eigenvalue weighted by molar-refractivity contribution is 0.510. The Kier molecular flexibility index (Phi) is 7.22. The number of rotatable bonds is 9. The second-order valence-corrected chi connectivity index (χ2v) is 14.5. The summed E-state index contributed by atoms with van der Waals surface area (Å²) in [5.41, 5.74) is 5.92. The Morgan fingerprint density at radius 3 is 2.43 bits per heavy atom. The van der Waals surface area contributed by atoms with Crippen molar-refractivity contribution in [3.8, 4) is 33.8 Å². The highest BCUT2D eigenvalue weighted by atomic mass is 32.3. The largest absolute Gasteiger partial charge is 0.384 e. The van der Waals surface area contributed by atoms with E-state index in [0.717, 1.165) is 40.4 Å². The van der Waals surface area contributed by atoms with Crippen LogP contribution in [0, 0.1) is 12.7 Å². The third-order valence-electron chi connectivity index (χ3n) is 7.30. The summed E-state index contributed by atoms with van der Waals surface area (Å²) in [6, 6.07) is 10.00. The molecule has 0 amide bonds. The number of H-pyrrole nitrogens is 2. The third kappa shape index (κ3) is 5.54. The molecular weight excluding hydrogens is 609 g/mol. The van der Waals surface area contributed by atoms with E-state index in [-0.39, 0.29) is 13.1 Å². The monoisotopic (exact) mass is 637 g/mol. The van der Waals surface area contributed by atoms with Crippen molar-refractivity contribution in [2.45, 2.75) is 6.92 Å². The van der Waals surface area contributed by atoms with Gasteiger partial charge < -0.3 is 14.9 Å². The zero-order chi connectivity index (χ0) is 31.4. The van der Waals surface area contributed by atoms with Crippen LogP contribution in [0.4, 0.5) is 10.1 Å². The van der Waals surface area contributed by atoms with Crippen LogP contribution in [0.1, 0.15) is 5.82 Å². The molecule has 0 aliphatic heterocycles. The first-order valence-electron chi connectivity index (χ1n) is 13.3. The van der Waals surface area contributed by atoms with E-state index >= 15 is 0 Å². The van der Waals surface area contributed by atoms with Crippen molar-refractivity contribution < 1.29 is 21.2 Å². The number of aromatic nitrogens is 7. The summed E-state index contributed by atoms with van der Waals surface area (Å²) in [6.07, 6.45) is 6.80. The number of sulfonamides is 2. The summed E-state index contributed by atoms with van der Waals surface area (Å²) in [4.78, 5) is 16.7. The number of benzene rings is 1. The average molecular weight is 638 g/mol. The quantitative estimate of drug-likeness (QED) is 0.214. The van der Waals surface area contributed by atoms with Gasteiger partial charge in [0.25, 0.3) is 0 Å². The average Bonchev–Trinajstić information content (AvgIpc) is 3.65. The van der Waals surface area contributed by atoms with Gasteiger partial charge in [0.05, 0.1) is 35.8 Å². The van der Waals surface area contributed by atoms with Crippen molar-refractivity contribution in [3.63, 3.8) is 0 Å². The molecule has 1 aromatic carbocycles. The number of hydrogen-bond donors (Lipinski definition) is 3. The minimum Gasteiger partial charge on any atom is -0.384 e. The molecule has 3 N–H and O–H groups in total.